The lowest BCUT2D eigenvalue weighted by Crippen LogP contribution is -2.44. The number of nitrogens with zero attached hydrogens (tertiary/aromatic N) is 3. The number of carbonyl (C=O) groups is 2. The van der Waals surface area contributed by atoms with Gasteiger partial charge in [-0.2, -0.15) is 13.2 Å². The van der Waals surface area contributed by atoms with Gasteiger partial charge >= 0.3 is 6.18 Å². The summed E-state index contributed by atoms with van der Waals surface area (Å²) in [5.41, 5.74) is 11.3. The number of halogens is 3. The van der Waals surface area contributed by atoms with Gasteiger partial charge in [0.2, 0.25) is 0 Å². The van der Waals surface area contributed by atoms with Gasteiger partial charge in [-0.05, 0) is 61.5 Å². The minimum Gasteiger partial charge on any atom is -0.384 e. The molecule has 0 radical (unpaired) electrons. The number of amides is 2. The molecule has 0 bridgehead atoms. The van der Waals surface area contributed by atoms with E-state index in [0.717, 1.165) is 24.7 Å². The number of aromatic nitrogens is 1. The largest absolute Gasteiger partial charge is 0.416 e. The summed E-state index contributed by atoms with van der Waals surface area (Å²) in [6.07, 6.45) is -3.10. The van der Waals surface area contributed by atoms with Crippen LogP contribution < -0.4 is 16.6 Å². The molecule has 0 spiro atoms. The summed E-state index contributed by atoms with van der Waals surface area (Å²) in [5.74, 6) is 4.79. The van der Waals surface area contributed by atoms with Crippen molar-refractivity contribution in [2.75, 3.05) is 39.0 Å². The predicted octanol–water partition coefficient (Wildman–Crippen LogP) is 3.21. The molecule has 2 aromatic carbocycles. The van der Waals surface area contributed by atoms with Crippen LogP contribution >= 0.6 is 0 Å². The molecule has 11 heteroatoms. The topological polar surface area (TPSA) is 104 Å². The first-order chi connectivity index (χ1) is 19.0. The van der Waals surface area contributed by atoms with Crippen molar-refractivity contribution >= 4 is 17.6 Å². The van der Waals surface area contributed by atoms with Crippen LogP contribution in [0.2, 0.25) is 0 Å². The maximum atomic E-state index is 13.9. The Labute approximate surface area is 230 Å². The molecule has 2 amide bonds. The first-order valence-corrected chi connectivity index (χ1v) is 12.6. The van der Waals surface area contributed by atoms with Gasteiger partial charge in [-0.15, -0.1) is 0 Å². The van der Waals surface area contributed by atoms with E-state index in [1.807, 2.05) is 18.9 Å². The minimum atomic E-state index is -4.64. The van der Waals surface area contributed by atoms with Crippen LogP contribution in [0.4, 0.5) is 19.0 Å². The van der Waals surface area contributed by atoms with Gasteiger partial charge in [0.25, 0.3) is 11.8 Å². The molecular weight excluding hydrogens is 521 g/mol. The maximum Gasteiger partial charge on any atom is 0.416 e. The molecule has 4 rings (SSSR count). The molecular formula is C29H29F3N6O2. The van der Waals surface area contributed by atoms with Crippen molar-refractivity contribution in [2.24, 2.45) is 0 Å². The fourth-order valence-corrected chi connectivity index (χ4v) is 4.14. The zero-order chi connectivity index (χ0) is 28.9. The molecule has 40 heavy (non-hydrogen) atoms. The van der Waals surface area contributed by atoms with Gasteiger partial charge in [0.1, 0.15) is 5.82 Å². The lowest BCUT2D eigenvalue weighted by atomic mass is 10.0. The highest BCUT2D eigenvalue weighted by molar-refractivity contribution is 5.99. The van der Waals surface area contributed by atoms with Crippen molar-refractivity contribution in [3.63, 3.8) is 0 Å². The number of anilines is 1. The van der Waals surface area contributed by atoms with E-state index in [-0.39, 0.29) is 23.2 Å². The Kier molecular flexibility index (Phi) is 8.72. The van der Waals surface area contributed by atoms with Crippen molar-refractivity contribution in [2.45, 2.75) is 19.6 Å². The number of likely N-dealkylation sites (N-methyl/N-ethyl adjacent to an activating group) is 1. The highest BCUT2D eigenvalue weighted by Crippen LogP contribution is 2.33. The average Bonchev–Trinajstić information content (AvgIpc) is 2.93. The molecule has 1 aliphatic rings. The van der Waals surface area contributed by atoms with Crippen LogP contribution in [0.25, 0.3) is 0 Å². The number of nitrogens with one attached hydrogen (secondary N) is 2. The summed E-state index contributed by atoms with van der Waals surface area (Å²) < 4.78 is 41.6. The van der Waals surface area contributed by atoms with Crippen molar-refractivity contribution in [1.82, 2.24) is 25.6 Å². The third kappa shape index (κ3) is 7.37. The lowest BCUT2D eigenvalue weighted by molar-refractivity contribution is -0.138. The van der Waals surface area contributed by atoms with E-state index in [4.69, 9.17) is 5.73 Å². The molecule has 208 valence electrons. The van der Waals surface area contributed by atoms with E-state index in [2.05, 4.69) is 32.6 Å². The first-order valence-electron chi connectivity index (χ1n) is 12.6. The smallest absolute Gasteiger partial charge is 0.384 e. The highest BCUT2D eigenvalue weighted by atomic mass is 19.4. The van der Waals surface area contributed by atoms with Crippen molar-refractivity contribution in [3.05, 3.63) is 93.7 Å². The molecule has 0 saturated carbocycles. The second kappa shape index (κ2) is 12.2. The second-order valence-electron chi connectivity index (χ2n) is 9.61. The number of alkyl halides is 3. The van der Waals surface area contributed by atoms with Gasteiger partial charge in [-0.1, -0.05) is 24.0 Å². The van der Waals surface area contributed by atoms with E-state index >= 15 is 0 Å². The van der Waals surface area contributed by atoms with Crippen LogP contribution in [-0.4, -0.2) is 59.8 Å². The SMILES string of the molecule is Cc1ccc(C(=O)NNC(=O)c2ccc(CN3CCN(C)CC3)c(C(F)(F)F)c2)cc1C#Cc1ccc(N)nc1. The van der Waals surface area contributed by atoms with Crippen molar-refractivity contribution < 1.29 is 22.8 Å². The van der Waals surface area contributed by atoms with E-state index in [9.17, 15) is 22.8 Å². The first kappa shape index (κ1) is 28.6. The number of aryl methyl sites for hydroxylation is 1. The number of benzene rings is 2. The Hall–Kier alpha value is -4.40. The zero-order valence-electron chi connectivity index (χ0n) is 22.1. The normalized spacial score (nSPS) is 14.2. The van der Waals surface area contributed by atoms with Gasteiger partial charge in [-0.25, -0.2) is 4.98 Å². The molecule has 0 unspecified atom stereocenters. The third-order valence-corrected chi connectivity index (χ3v) is 6.58. The summed E-state index contributed by atoms with van der Waals surface area (Å²) in [6.45, 7) is 4.84. The van der Waals surface area contributed by atoms with Gasteiger partial charge in [0.05, 0.1) is 5.56 Å². The van der Waals surface area contributed by atoms with Crippen LogP contribution in [0.15, 0.2) is 54.7 Å². The number of rotatable bonds is 4. The predicted molar refractivity (Wildman–Crippen MR) is 145 cm³/mol. The van der Waals surface area contributed by atoms with Gasteiger partial charge in [0, 0.05) is 61.2 Å². The fraction of sp³-hybridized carbons (Fsp3) is 0.276. The maximum absolute atomic E-state index is 13.9. The molecule has 2 heterocycles. The van der Waals surface area contributed by atoms with Gasteiger partial charge < -0.3 is 10.6 Å². The number of nitrogen functional groups attached to an aromatic ring is 1. The monoisotopic (exact) mass is 550 g/mol. The van der Waals surface area contributed by atoms with Crippen LogP contribution in [0.1, 0.15) is 48.5 Å². The minimum absolute atomic E-state index is 0.0979. The Morgan fingerprint density at radius 2 is 1.60 bits per heavy atom. The number of pyridine rings is 1. The molecule has 1 saturated heterocycles. The summed E-state index contributed by atoms with van der Waals surface area (Å²) in [4.78, 5) is 33.4. The Morgan fingerprint density at radius 1 is 0.950 bits per heavy atom. The Bertz CT molecular complexity index is 1450. The molecule has 8 nitrogen and oxygen atoms in total. The third-order valence-electron chi connectivity index (χ3n) is 6.58. The molecule has 1 aliphatic heterocycles. The Morgan fingerprint density at radius 3 is 2.23 bits per heavy atom. The average molecular weight is 551 g/mol. The lowest BCUT2D eigenvalue weighted by Gasteiger charge is -2.33. The van der Waals surface area contributed by atoms with Crippen LogP contribution in [0, 0.1) is 18.8 Å². The standard InChI is InChI=1S/C29H29F3N6O2/c1-19-3-6-22(15-21(19)7-4-20-5-10-26(33)34-17-20)27(39)35-36-28(40)23-8-9-24(25(16-23)29(30,31)32)18-38-13-11-37(2)12-14-38/h3,5-6,8-10,15-17H,11-14,18H2,1-2H3,(H2,33,34)(H,35,39)(H,36,40). The van der Waals surface area contributed by atoms with Crippen LogP contribution in [0.3, 0.4) is 0 Å². The molecule has 0 aliphatic carbocycles. The number of hydrogen-bond donors (Lipinski definition) is 3. The number of hydrogen-bond acceptors (Lipinski definition) is 6. The van der Waals surface area contributed by atoms with E-state index in [1.54, 1.807) is 30.3 Å². The number of hydrazine groups is 1. The van der Waals surface area contributed by atoms with Crippen molar-refractivity contribution in [3.8, 4) is 11.8 Å². The second-order valence-corrected chi connectivity index (χ2v) is 9.61. The van der Waals surface area contributed by atoms with E-state index in [0.29, 0.717) is 30.0 Å². The van der Waals surface area contributed by atoms with Gasteiger partial charge in [-0.3, -0.25) is 25.3 Å². The van der Waals surface area contributed by atoms with E-state index in [1.165, 1.54) is 18.3 Å². The summed E-state index contributed by atoms with van der Waals surface area (Å²) in [5, 5.41) is 0. The van der Waals surface area contributed by atoms with Crippen LogP contribution in [-0.2, 0) is 12.7 Å². The molecule has 1 fully saturated rings. The van der Waals surface area contributed by atoms with Crippen molar-refractivity contribution in [1.29, 1.82) is 0 Å². The molecule has 0 atom stereocenters. The van der Waals surface area contributed by atoms with Gasteiger partial charge in [0.15, 0.2) is 0 Å². The molecule has 4 N–H and O–H groups in total. The number of nitrogens with two attached hydrogens (primary N) is 1. The highest BCUT2D eigenvalue weighted by Gasteiger charge is 2.34. The van der Waals surface area contributed by atoms with E-state index < -0.39 is 23.6 Å². The summed E-state index contributed by atoms with van der Waals surface area (Å²) in [6, 6.07) is 11.6. The number of carbonyl (C=O) groups excluding carboxylic acids is 2. The quantitative estimate of drug-likeness (QED) is 0.341. The summed E-state index contributed by atoms with van der Waals surface area (Å²) in [7, 11) is 1.97. The fourth-order valence-electron chi connectivity index (χ4n) is 4.14. The zero-order valence-corrected chi connectivity index (χ0v) is 22.1. The van der Waals surface area contributed by atoms with Crippen LogP contribution in [0.5, 0.6) is 0 Å². The Balaban J connectivity index is 1.43. The molecule has 3 aromatic rings. The molecule has 1 aromatic heterocycles. The number of piperazine rings is 1. The summed E-state index contributed by atoms with van der Waals surface area (Å²) >= 11 is 0.